The lowest BCUT2D eigenvalue weighted by molar-refractivity contribution is -0.314. The maximum absolute atomic E-state index is 13.1. The van der Waals surface area contributed by atoms with Crippen LogP contribution in [0.4, 0.5) is 0 Å². The molecule has 0 aromatic rings. The summed E-state index contributed by atoms with van der Waals surface area (Å²) in [6, 6.07) is 0. The van der Waals surface area contributed by atoms with E-state index < -0.39 is 90.9 Å². The van der Waals surface area contributed by atoms with Crippen LogP contribution in [-0.2, 0) is 38.1 Å². The maximum Gasteiger partial charge on any atom is 0.309 e. The molecule has 2 aliphatic rings. The Balaban J connectivity index is 2.11. The highest BCUT2D eigenvalue weighted by molar-refractivity contribution is 5.99. The third kappa shape index (κ3) is 17.1. The van der Waals surface area contributed by atoms with Crippen LogP contribution in [0.15, 0.2) is 120 Å². The number of aliphatic hydroxyl groups is 5. The summed E-state index contributed by atoms with van der Waals surface area (Å²) >= 11 is 0. The largest absolute Gasteiger partial charge is 0.462 e. The molecule has 60 heavy (non-hydrogen) atoms. The van der Waals surface area contributed by atoms with Crippen molar-refractivity contribution in [1.29, 1.82) is 0 Å². The molecule has 0 unspecified atom stereocenters. The molecule has 0 aliphatic carbocycles. The molecule has 13 atom stereocenters. The van der Waals surface area contributed by atoms with Gasteiger partial charge in [0.2, 0.25) is 0 Å². The molecule has 0 amide bonds. The van der Waals surface area contributed by atoms with Crippen molar-refractivity contribution >= 4 is 17.5 Å². The van der Waals surface area contributed by atoms with Crippen LogP contribution in [0.3, 0.4) is 0 Å². The van der Waals surface area contributed by atoms with Gasteiger partial charge in [0.25, 0.3) is 0 Å². The zero-order valence-corrected chi connectivity index (χ0v) is 36.2. The number of allylic oxidation sites excluding steroid dienone is 15. The van der Waals surface area contributed by atoms with Crippen molar-refractivity contribution in [3.8, 4) is 0 Å². The minimum atomic E-state index is -1.32. The number of rotatable bonds is 13. The summed E-state index contributed by atoms with van der Waals surface area (Å²) < 4.78 is 28.2. The minimum Gasteiger partial charge on any atom is -0.462 e. The molecule has 2 aliphatic heterocycles. The number of carbonyl (C=O) groups excluding carboxylic acids is 3. The highest BCUT2D eigenvalue weighted by Crippen LogP contribution is 2.27. The first-order chi connectivity index (χ1) is 28.4. The Hall–Kier alpha value is -4.15. The average Bonchev–Trinajstić information content (AvgIpc) is 3.21. The van der Waals surface area contributed by atoms with E-state index in [4.69, 9.17) is 23.7 Å². The number of esters is 1. The number of Topliss-reactive ketones (excluding diaryl/α,β-unsaturated/α-hetero) is 1. The number of carbonyl (C=O) groups is 3. The molecular formula is C47H66O13. The second-order valence-electron chi connectivity index (χ2n) is 15.1. The molecule has 0 saturated carbocycles. The lowest BCUT2D eigenvalue weighted by Crippen LogP contribution is -2.59. The molecule has 1 fully saturated rings. The van der Waals surface area contributed by atoms with E-state index in [1.165, 1.54) is 44.6 Å². The van der Waals surface area contributed by atoms with E-state index in [-0.39, 0.29) is 18.6 Å². The van der Waals surface area contributed by atoms with Gasteiger partial charge in [-0.15, -0.1) is 0 Å². The molecule has 0 bridgehead atoms. The smallest absolute Gasteiger partial charge is 0.309 e. The van der Waals surface area contributed by atoms with Gasteiger partial charge < -0.3 is 49.2 Å². The van der Waals surface area contributed by atoms with Crippen LogP contribution in [0, 0.1) is 11.8 Å². The van der Waals surface area contributed by atoms with Gasteiger partial charge in [-0.2, -0.15) is 0 Å². The van der Waals surface area contributed by atoms with Crippen LogP contribution in [0.25, 0.3) is 0 Å². The number of hydrogen-bond donors (Lipinski definition) is 5. The van der Waals surface area contributed by atoms with Crippen LogP contribution in [0.1, 0.15) is 61.3 Å². The van der Waals surface area contributed by atoms with Crippen LogP contribution in [0.2, 0.25) is 0 Å². The standard InChI is InChI=1S/C47H66O13/c1-29-20-19-21-31(3)42(53)38(50)24-17-11-10-12-18-25-40(60-41(52)28-39(51)30(2)27-26-29)33(5)43(54)32(4)36(48)22-15-13-14-16-23-37(49)34(6)58-47-46(57-9)44(55)45(56-8)35(7)59-47/h10-24,26-27,32-35,37-40,43-47,49-51,54-55H,25,28H2,1-9H3/b11-10?,14-13+,18-12?,20-19?,22-15+,23-16+,24-17?,29-26?,30-27?,31-21?/t32-,33-,34+,35-,37+,38+,39+,40+,43-,44+,45+,46-,47-/m1/s1. The number of hydrogen-bond acceptors (Lipinski definition) is 13. The highest BCUT2D eigenvalue weighted by Gasteiger charge is 2.45. The van der Waals surface area contributed by atoms with Gasteiger partial charge in [0.15, 0.2) is 17.9 Å². The van der Waals surface area contributed by atoms with E-state index in [0.717, 1.165) is 5.57 Å². The third-order valence-electron chi connectivity index (χ3n) is 10.4. The molecule has 0 radical (unpaired) electrons. The molecule has 0 spiro atoms. The molecule has 2 heterocycles. The van der Waals surface area contributed by atoms with Gasteiger partial charge in [-0.3, -0.25) is 14.4 Å². The molecule has 1 saturated heterocycles. The van der Waals surface area contributed by atoms with Gasteiger partial charge >= 0.3 is 5.97 Å². The van der Waals surface area contributed by atoms with Crippen LogP contribution in [-0.4, -0.2) is 125 Å². The lowest BCUT2D eigenvalue weighted by atomic mass is 9.85. The van der Waals surface area contributed by atoms with Crippen LogP contribution >= 0.6 is 0 Å². The number of methoxy groups -OCH3 is 2. The molecular weight excluding hydrogens is 773 g/mol. The van der Waals surface area contributed by atoms with E-state index >= 15 is 0 Å². The number of ether oxygens (including phenoxy) is 5. The van der Waals surface area contributed by atoms with Crippen molar-refractivity contribution in [3.05, 3.63) is 120 Å². The van der Waals surface area contributed by atoms with E-state index in [1.807, 2.05) is 6.92 Å². The summed E-state index contributed by atoms with van der Waals surface area (Å²) in [6.45, 7) is 11.8. The Morgan fingerprint density at radius 1 is 0.867 bits per heavy atom. The number of ketones is 2. The Labute approximate surface area is 355 Å². The lowest BCUT2D eigenvalue weighted by Gasteiger charge is -2.43. The monoisotopic (exact) mass is 838 g/mol. The third-order valence-corrected chi connectivity index (χ3v) is 10.4. The predicted molar refractivity (Wildman–Crippen MR) is 229 cm³/mol. The van der Waals surface area contributed by atoms with Crippen molar-refractivity contribution in [3.63, 3.8) is 0 Å². The highest BCUT2D eigenvalue weighted by atomic mass is 16.7. The summed E-state index contributed by atoms with van der Waals surface area (Å²) in [7, 11) is 2.90. The Morgan fingerprint density at radius 3 is 2.22 bits per heavy atom. The van der Waals surface area contributed by atoms with Crippen molar-refractivity contribution in [1.82, 2.24) is 0 Å². The second-order valence-corrected chi connectivity index (χ2v) is 15.1. The van der Waals surface area contributed by atoms with E-state index in [1.54, 1.807) is 114 Å². The fraction of sp³-hybridized carbons (Fsp3) is 0.511. The number of cyclic esters (lactones) is 1. The molecule has 13 nitrogen and oxygen atoms in total. The quantitative estimate of drug-likeness (QED) is 0.0963. The molecule has 2 rings (SSSR count). The summed E-state index contributed by atoms with van der Waals surface area (Å²) in [5, 5.41) is 53.6. The first-order valence-corrected chi connectivity index (χ1v) is 20.2. The van der Waals surface area contributed by atoms with E-state index in [2.05, 4.69) is 0 Å². The molecule has 13 heteroatoms. The van der Waals surface area contributed by atoms with Crippen molar-refractivity contribution in [2.24, 2.45) is 11.8 Å². The van der Waals surface area contributed by atoms with Crippen molar-refractivity contribution < 1.29 is 63.6 Å². The van der Waals surface area contributed by atoms with E-state index in [9.17, 15) is 39.9 Å². The van der Waals surface area contributed by atoms with E-state index in [0.29, 0.717) is 11.1 Å². The van der Waals surface area contributed by atoms with Crippen molar-refractivity contribution in [2.75, 3.05) is 14.2 Å². The van der Waals surface area contributed by atoms with Gasteiger partial charge in [0, 0.05) is 32.5 Å². The van der Waals surface area contributed by atoms with Crippen LogP contribution < -0.4 is 0 Å². The molecule has 332 valence electrons. The topological polar surface area (TPSA) is 199 Å². The summed E-state index contributed by atoms with van der Waals surface area (Å²) in [6.07, 6.45) is 17.0. The zero-order valence-electron chi connectivity index (χ0n) is 36.2. The Morgan fingerprint density at radius 2 is 1.53 bits per heavy atom. The van der Waals surface area contributed by atoms with Gasteiger partial charge in [-0.25, -0.2) is 0 Å². The normalized spacial score (nSPS) is 29.6. The Bertz CT molecular complexity index is 1700. The zero-order chi connectivity index (χ0) is 44.9. The van der Waals surface area contributed by atoms with Gasteiger partial charge in [0.05, 0.1) is 36.9 Å². The first-order valence-electron chi connectivity index (χ1n) is 20.2. The van der Waals surface area contributed by atoms with Crippen molar-refractivity contribution in [2.45, 2.75) is 129 Å². The second kappa shape index (κ2) is 26.9. The molecule has 0 aromatic heterocycles. The fourth-order valence-electron chi connectivity index (χ4n) is 6.26. The van der Waals surface area contributed by atoms with Crippen LogP contribution in [0.5, 0.6) is 0 Å². The van der Waals surface area contributed by atoms with Gasteiger partial charge in [0.1, 0.15) is 30.5 Å². The number of aliphatic hydroxyl groups excluding tert-OH is 5. The fourth-order valence-corrected chi connectivity index (χ4v) is 6.26. The average molecular weight is 839 g/mol. The maximum atomic E-state index is 13.1. The first kappa shape index (κ1) is 52.0. The predicted octanol–water partition coefficient (Wildman–Crippen LogP) is 4.82. The Kier molecular flexibility index (Phi) is 23.3. The summed E-state index contributed by atoms with van der Waals surface area (Å²) in [5.41, 5.74) is 1.71. The summed E-state index contributed by atoms with van der Waals surface area (Å²) in [5.74, 6) is -3.04. The summed E-state index contributed by atoms with van der Waals surface area (Å²) in [4.78, 5) is 38.7. The van der Waals surface area contributed by atoms with Gasteiger partial charge in [-0.1, -0.05) is 111 Å². The minimum absolute atomic E-state index is 0.180. The SMILES string of the molecule is CO[C@@H]1[C@H](O)[C@@H](OC)[C@H](O[C@@H](C)[C@@H](O)/C=C/C=C/C=C/C(=O)[C@@H](C)[C@@H](O)[C@H](C)[C@@H]2CC=CC=CC=C[C@H](O)C(=O)C(C)=CC=CC(C)=CC=C(C)[C@@H](O)CC(=O)O2)O[C@@H]1C. The van der Waals surface area contributed by atoms with Gasteiger partial charge in [-0.05, 0) is 57.9 Å². The molecule has 5 N–H and O–H groups in total. The molecule has 0 aromatic carbocycles.